The number of hydrogen-bond acceptors (Lipinski definition) is 6. The van der Waals surface area contributed by atoms with Crippen molar-refractivity contribution in [2.75, 3.05) is 26.2 Å². The summed E-state index contributed by atoms with van der Waals surface area (Å²) >= 11 is 3.04. The fraction of sp³-hybridized carbons (Fsp3) is 0.389. The molecule has 0 unspecified atom stereocenters. The molecule has 3 heterocycles. The number of nitrogens with zero attached hydrogens (tertiary/aromatic N) is 3. The Labute approximate surface area is 155 Å². The maximum atomic E-state index is 12.3. The molecule has 0 radical (unpaired) electrons. The lowest BCUT2D eigenvalue weighted by Crippen LogP contribution is -2.39. The molecular weight excluding hydrogens is 352 g/mol. The molecule has 7 heteroatoms. The van der Waals surface area contributed by atoms with E-state index in [1.54, 1.807) is 6.07 Å². The van der Waals surface area contributed by atoms with E-state index in [9.17, 15) is 4.79 Å². The first-order valence-electron chi connectivity index (χ1n) is 8.56. The van der Waals surface area contributed by atoms with Crippen LogP contribution < -0.4 is 5.32 Å². The van der Waals surface area contributed by atoms with Gasteiger partial charge >= 0.3 is 0 Å². The molecular formula is C18H20N4OS2. The first-order chi connectivity index (χ1) is 12.3. The summed E-state index contributed by atoms with van der Waals surface area (Å²) < 4.78 is 8.35. The van der Waals surface area contributed by atoms with Gasteiger partial charge in [-0.3, -0.25) is 4.79 Å². The minimum atomic E-state index is -0.0385. The zero-order chi connectivity index (χ0) is 17.1. The third kappa shape index (κ3) is 3.89. The van der Waals surface area contributed by atoms with Crippen molar-refractivity contribution in [2.24, 2.45) is 0 Å². The van der Waals surface area contributed by atoms with Gasteiger partial charge in [-0.15, -0.1) is 11.3 Å². The molecule has 0 saturated carbocycles. The lowest BCUT2D eigenvalue weighted by atomic mass is 9.95. The van der Waals surface area contributed by atoms with Gasteiger partial charge in [-0.2, -0.15) is 8.75 Å². The number of thiophene rings is 1. The molecule has 1 N–H and O–H groups in total. The summed E-state index contributed by atoms with van der Waals surface area (Å²) in [4.78, 5) is 16.2. The minimum Gasteiger partial charge on any atom is -0.351 e. The maximum absolute atomic E-state index is 12.3. The zero-order valence-corrected chi connectivity index (χ0v) is 15.5. The number of carbonyl (C=O) groups excluding carboxylic acids is 1. The Bertz CT molecular complexity index is 838. The number of nitrogens with one attached hydrogen (secondary N) is 1. The van der Waals surface area contributed by atoms with E-state index < -0.39 is 0 Å². The van der Waals surface area contributed by atoms with Crippen LogP contribution in [0.3, 0.4) is 0 Å². The third-order valence-electron chi connectivity index (χ3n) is 4.76. The molecule has 2 aromatic heterocycles. The largest absolute Gasteiger partial charge is 0.351 e. The van der Waals surface area contributed by atoms with Gasteiger partial charge in [0.1, 0.15) is 11.0 Å². The van der Waals surface area contributed by atoms with Crippen LogP contribution in [0.2, 0.25) is 0 Å². The van der Waals surface area contributed by atoms with E-state index in [4.69, 9.17) is 0 Å². The average molecular weight is 373 g/mol. The Morgan fingerprint density at radius 2 is 2.04 bits per heavy atom. The standard InChI is InChI=1S/C18H20N4OS2/c23-18(14-3-4-15-16(12-14)21-25-20-15)19-7-10-22-8-5-13(6-9-22)17-2-1-11-24-17/h1-4,11-13H,5-10H2,(H,19,23). The highest BCUT2D eigenvalue weighted by Crippen LogP contribution is 2.30. The highest BCUT2D eigenvalue weighted by atomic mass is 32.1. The van der Waals surface area contributed by atoms with Crippen molar-refractivity contribution in [2.45, 2.75) is 18.8 Å². The second-order valence-corrected chi connectivity index (χ2v) is 7.86. The Morgan fingerprint density at radius 3 is 2.84 bits per heavy atom. The van der Waals surface area contributed by atoms with E-state index in [-0.39, 0.29) is 5.91 Å². The van der Waals surface area contributed by atoms with E-state index in [1.807, 2.05) is 23.5 Å². The van der Waals surface area contributed by atoms with Crippen molar-refractivity contribution in [3.8, 4) is 0 Å². The Kier molecular flexibility index (Phi) is 5.05. The summed E-state index contributed by atoms with van der Waals surface area (Å²) in [5.41, 5.74) is 2.28. The van der Waals surface area contributed by atoms with Crippen LogP contribution in [0.25, 0.3) is 11.0 Å². The Hall–Kier alpha value is -1.83. The molecule has 0 aliphatic carbocycles. The number of fused-ring (bicyclic) bond motifs is 1. The Balaban J connectivity index is 1.23. The van der Waals surface area contributed by atoms with Crippen LogP contribution in [0, 0.1) is 0 Å². The number of aromatic nitrogens is 2. The number of benzene rings is 1. The molecule has 0 spiro atoms. The van der Waals surface area contributed by atoms with Crippen molar-refractivity contribution < 1.29 is 4.79 Å². The fourth-order valence-electron chi connectivity index (χ4n) is 3.32. The molecule has 5 nitrogen and oxygen atoms in total. The van der Waals surface area contributed by atoms with Gasteiger partial charge in [-0.25, -0.2) is 0 Å². The molecule has 1 saturated heterocycles. The number of amides is 1. The van der Waals surface area contributed by atoms with Gasteiger partial charge in [-0.1, -0.05) is 6.07 Å². The minimum absolute atomic E-state index is 0.0385. The lowest BCUT2D eigenvalue weighted by molar-refractivity contribution is 0.0946. The molecule has 1 fully saturated rings. The molecule has 1 aromatic carbocycles. The van der Waals surface area contributed by atoms with Crippen LogP contribution in [-0.4, -0.2) is 45.7 Å². The summed E-state index contributed by atoms with van der Waals surface area (Å²) in [7, 11) is 0. The highest BCUT2D eigenvalue weighted by molar-refractivity contribution is 7.10. The molecule has 1 aliphatic heterocycles. The summed E-state index contributed by atoms with van der Waals surface area (Å²) in [5.74, 6) is 0.674. The predicted octanol–water partition coefficient (Wildman–Crippen LogP) is 3.36. The van der Waals surface area contributed by atoms with Crippen LogP contribution in [0.5, 0.6) is 0 Å². The van der Waals surface area contributed by atoms with E-state index in [1.165, 1.54) is 29.4 Å². The van der Waals surface area contributed by atoms with Gasteiger partial charge < -0.3 is 10.2 Å². The number of rotatable bonds is 5. The van der Waals surface area contributed by atoms with E-state index in [0.29, 0.717) is 18.0 Å². The second kappa shape index (κ2) is 7.59. The van der Waals surface area contributed by atoms with Gasteiger partial charge in [0.15, 0.2) is 0 Å². The quantitative estimate of drug-likeness (QED) is 0.746. The smallest absolute Gasteiger partial charge is 0.251 e. The monoisotopic (exact) mass is 372 g/mol. The average Bonchev–Trinajstić information content (AvgIpc) is 3.33. The second-order valence-electron chi connectivity index (χ2n) is 6.35. The van der Waals surface area contributed by atoms with Crippen LogP contribution in [-0.2, 0) is 0 Å². The number of likely N-dealkylation sites (tertiary alicyclic amines) is 1. The van der Waals surface area contributed by atoms with Crippen LogP contribution in [0.1, 0.15) is 34.0 Å². The maximum Gasteiger partial charge on any atom is 0.251 e. The van der Waals surface area contributed by atoms with Crippen molar-refractivity contribution in [1.82, 2.24) is 19.0 Å². The molecule has 3 aromatic rings. The number of piperidine rings is 1. The summed E-state index contributed by atoms with van der Waals surface area (Å²) in [5, 5.41) is 5.18. The van der Waals surface area contributed by atoms with E-state index >= 15 is 0 Å². The van der Waals surface area contributed by atoms with Crippen molar-refractivity contribution in [3.05, 3.63) is 46.2 Å². The normalized spacial score (nSPS) is 16.3. The SMILES string of the molecule is O=C(NCCN1CCC(c2cccs2)CC1)c1ccc2nsnc2c1. The van der Waals surface area contributed by atoms with Gasteiger partial charge in [0.05, 0.1) is 11.7 Å². The third-order valence-corrected chi connectivity index (χ3v) is 6.35. The van der Waals surface area contributed by atoms with Crippen molar-refractivity contribution >= 4 is 40.0 Å². The summed E-state index contributed by atoms with van der Waals surface area (Å²) in [6, 6.07) is 9.86. The zero-order valence-electron chi connectivity index (χ0n) is 13.9. The fourth-order valence-corrected chi connectivity index (χ4v) is 4.73. The first-order valence-corrected chi connectivity index (χ1v) is 10.2. The highest BCUT2D eigenvalue weighted by Gasteiger charge is 2.21. The van der Waals surface area contributed by atoms with E-state index in [0.717, 1.165) is 30.7 Å². The topological polar surface area (TPSA) is 58.1 Å². The molecule has 0 bridgehead atoms. The lowest BCUT2D eigenvalue weighted by Gasteiger charge is -2.31. The van der Waals surface area contributed by atoms with Crippen LogP contribution in [0.15, 0.2) is 35.7 Å². The first kappa shape index (κ1) is 16.6. The van der Waals surface area contributed by atoms with Gasteiger partial charge in [-0.05, 0) is 61.5 Å². The van der Waals surface area contributed by atoms with Crippen molar-refractivity contribution in [3.63, 3.8) is 0 Å². The predicted molar refractivity (Wildman–Crippen MR) is 102 cm³/mol. The molecule has 0 atom stereocenters. The van der Waals surface area contributed by atoms with E-state index in [2.05, 4.69) is 36.5 Å². The van der Waals surface area contributed by atoms with Gasteiger partial charge in [0, 0.05) is 23.5 Å². The summed E-state index contributed by atoms with van der Waals surface area (Å²) in [6.45, 7) is 3.79. The van der Waals surface area contributed by atoms with Crippen LogP contribution >= 0.6 is 23.1 Å². The summed E-state index contributed by atoms with van der Waals surface area (Å²) in [6.07, 6.45) is 2.42. The van der Waals surface area contributed by atoms with Gasteiger partial charge in [0.2, 0.25) is 0 Å². The van der Waals surface area contributed by atoms with Gasteiger partial charge in [0.25, 0.3) is 5.91 Å². The van der Waals surface area contributed by atoms with Crippen molar-refractivity contribution in [1.29, 1.82) is 0 Å². The molecule has 25 heavy (non-hydrogen) atoms. The molecule has 130 valence electrons. The number of carbonyl (C=O) groups is 1. The molecule has 1 amide bonds. The molecule has 1 aliphatic rings. The van der Waals surface area contributed by atoms with Crippen LogP contribution in [0.4, 0.5) is 0 Å². The Morgan fingerprint density at radius 1 is 1.20 bits per heavy atom. The number of hydrogen-bond donors (Lipinski definition) is 1. The molecule has 4 rings (SSSR count).